The van der Waals surface area contributed by atoms with Gasteiger partial charge in [0.25, 0.3) is 0 Å². The van der Waals surface area contributed by atoms with Gasteiger partial charge in [0.1, 0.15) is 0 Å². The van der Waals surface area contributed by atoms with Crippen LogP contribution in [-0.4, -0.2) is 22.5 Å². The smallest absolute Gasteiger partial charge is 0.0161 e. The number of likely N-dealkylation sites (tertiary alicyclic amines) is 1. The second-order valence-corrected chi connectivity index (χ2v) is 12.2. The Morgan fingerprint density at radius 3 is 1.62 bits per heavy atom. The second kappa shape index (κ2) is 9.88. The van der Waals surface area contributed by atoms with E-state index in [1.807, 2.05) is 0 Å². The molecule has 1 nitrogen and oxygen atoms in total. The van der Waals surface area contributed by atoms with Crippen LogP contribution < -0.4 is 0 Å². The number of rotatable bonds is 6. The van der Waals surface area contributed by atoms with E-state index in [0.29, 0.717) is 11.1 Å². The fourth-order valence-electron chi connectivity index (χ4n) is 7.47. The summed E-state index contributed by atoms with van der Waals surface area (Å²) in [6.45, 7) is 16.0. The first-order valence-electron chi connectivity index (χ1n) is 13.2. The van der Waals surface area contributed by atoms with Crippen LogP contribution in [0.3, 0.4) is 0 Å². The maximum Gasteiger partial charge on any atom is 0.0161 e. The van der Waals surface area contributed by atoms with Gasteiger partial charge in [-0.2, -0.15) is 0 Å². The minimum atomic E-state index is 0.358. The van der Waals surface area contributed by atoms with Crippen LogP contribution in [0.2, 0.25) is 0 Å². The third-order valence-corrected chi connectivity index (χ3v) is 9.04. The standard InChI is InChI=1S/C28H51N/c1-7-19-29-27(3,4)20-26(21-28(29,5)6)25-17-15-24(16-18-25)14-13-23-11-9-22(8-2)10-12-23/h13-14,22-26H,7-12,15-21H2,1-6H3/b14-13+. The number of hydrogen-bond acceptors (Lipinski definition) is 1. The molecule has 0 amide bonds. The Kier molecular flexibility index (Phi) is 7.96. The molecular formula is C28H51N. The van der Waals surface area contributed by atoms with Gasteiger partial charge in [0.05, 0.1) is 0 Å². The summed E-state index contributed by atoms with van der Waals surface area (Å²) in [6, 6.07) is 0. The molecule has 0 aromatic rings. The summed E-state index contributed by atoms with van der Waals surface area (Å²) in [5.74, 6) is 4.69. The highest BCUT2D eigenvalue weighted by Gasteiger charge is 2.46. The molecule has 0 unspecified atom stereocenters. The molecule has 3 fully saturated rings. The van der Waals surface area contributed by atoms with Crippen molar-refractivity contribution in [1.29, 1.82) is 0 Å². The maximum atomic E-state index is 2.82. The normalized spacial score (nSPS) is 36.5. The molecule has 0 atom stereocenters. The summed E-state index contributed by atoms with van der Waals surface area (Å²) in [4.78, 5) is 2.82. The van der Waals surface area contributed by atoms with Crippen molar-refractivity contribution in [2.45, 2.75) is 130 Å². The van der Waals surface area contributed by atoms with E-state index in [1.165, 1.54) is 83.6 Å². The second-order valence-electron chi connectivity index (χ2n) is 12.2. The van der Waals surface area contributed by atoms with E-state index in [-0.39, 0.29) is 0 Å². The molecule has 3 aliphatic rings. The fourth-order valence-corrected chi connectivity index (χ4v) is 7.47. The molecular weight excluding hydrogens is 350 g/mol. The van der Waals surface area contributed by atoms with Crippen molar-refractivity contribution in [3.8, 4) is 0 Å². The van der Waals surface area contributed by atoms with Crippen LogP contribution in [0, 0.1) is 29.6 Å². The SMILES string of the molecule is CCCN1C(C)(C)CC(C2CCC(/C=C/C3CCC(CC)CC3)CC2)CC1(C)C. The van der Waals surface area contributed by atoms with Gasteiger partial charge in [-0.1, -0.05) is 32.4 Å². The minimum Gasteiger partial charge on any atom is -0.293 e. The molecule has 2 aliphatic carbocycles. The highest BCUT2D eigenvalue weighted by molar-refractivity contribution is 5.02. The first-order chi connectivity index (χ1) is 13.7. The van der Waals surface area contributed by atoms with Crippen molar-refractivity contribution in [1.82, 2.24) is 4.90 Å². The van der Waals surface area contributed by atoms with E-state index in [4.69, 9.17) is 0 Å². The molecule has 0 aromatic carbocycles. The van der Waals surface area contributed by atoms with E-state index < -0.39 is 0 Å². The lowest BCUT2D eigenvalue weighted by atomic mass is 9.65. The highest BCUT2D eigenvalue weighted by atomic mass is 15.3. The van der Waals surface area contributed by atoms with Gasteiger partial charge in [0, 0.05) is 11.1 Å². The summed E-state index contributed by atoms with van der Waals surface area (Å²) in [6.07, 6.45) is 22.4. The van der Waals surface area contributed by atoms with Gasteiger partial charge in [0.2, 0.25) is 0 Å². The van der Waals surface area contributed by atoms with Crippen LogP contribution in [-0.2, 0) is 0 Å². The molecule has 1 heterocycles. The summed E-state index contributed by atoms with van der Waals surface area (Å²) in [7, 11) is 0. The zero-order valence-electron chi connectivity index (χ0n) is 20.7. The molecule has 168 valence electrons. The highest BCUT2D eigenvalue weighted by Crippen LogP contribution is 2.48. The number of allylic oxidation sites excluding steroid dienone is 2. The van der Waals surface area contributed by atoms with Crippen molar-refractivity contribution in [3.05, 3.63) is 12.2 Å². The number of hydrogen-bond donors (Lipinski definition) is 0. The molecule has 0 spiro atoms. The quantitative estimate of drug-likeness (QED) is 0.405. The molecule has 0 N–H and O–H groups in total. The maximum absolute atomic E-state index is 2.82. The molecule has 0 aromatic heterocycles. The first kappa shape index (κ1) is 23.4. The van der Waals surface area contributed by atoms with Gasteiger partial charge in [0.15, 0.2) is 0 Å². The van der Waals surface area contributed by atoms with E-state index in [9.17, 15) is 0 Å². The van der Waals surface area contributed by atoms with E-state index in [1.54, 1.807) is 0 Å². The van der Waals surface area contributed by atoms with Crippen molar-refractivity contribution in [2.24, 2.45) is 29.6 Å². The van der Waals surface area contributed by atoms with E-state index in [2.05, 4.69) is 58.6 Å². The zero-order valence-corrected chi connectivity index (χ0v) is 20.7. The van der Waals surface area contributed by atoms with Crippen LogP contribution in [0.4, 0.5) is 0 Å². The Labute approximate surface area is 183 Å². The van der Waals surface area contributed by atoms with Gasteiger partial charge >= 0.3 is 0 Å². The predicted octanol–water partition coefficient (Wildman–Crippen LogP) is 8.24. The monoisotopic (exact) mass is 401 g/mol. The van der Waals surface area contributed by atoms with Crippen molar-refractivity contribution in [2.75, 3.05) is 6.54 Å². The number of piperidine rings is 1. The lowest BCUT2D eigenvalue weighted by Crippen LogP contribution is -2.61. The molecule has 1 aliphatic heterocycles. The van der Waals surface area contributed by atoms with Gasteiger partial charge in [-0.05, 0) is 134 Å². The van der Waals surface area contributed by atoms with Crippen LogP contribution in [0.1, 0.15) is 119 Å². The van der Waals surface area contributed by atoms with Crippen molar-refractivity contribution in [3.63, 3.8) is 0 Å². The largest absolute Gasteiger partial charge is 0.293 e. The Morgan fingerprint density at radius 2 is 1.17 bits per heavy atom. The summed E-state index contributed by atoms with van der Waals surface area (Å²) >= 11 is 0. The average Bonchev–Trinajstić information content (AvgIpc) is 2.69. The Morgan fingerprint density at radius 1 is 0.690 bits per heavy atom. The summed E-state index contributed by atoms with van der Waals surface area (Å²) in [5.41, 5.74) is 0.715. The van der Waals surface area contributed by atoms with Crippen LogP contribution >= 0.6 is 0 Å². The van der Waals surface area contributed by atoms with E-state index >= 15 is 0 Å². The van der Waals surface area contributed by atoms with Crippen LogP contribution in [0.25, 0.3) is 0 Å². The summed E-state index contributed by atoms with van der Waals surface area (Å²) in [5, 5.41) is 0. The Balaban J connectivity index is 1.49. The third kappa shape index (κ3) is 5.90. The first-order valence-corrected chi connectivity index (χ1v) is 13.2. The van der Waals surface area contributed by atoms with Crippen LogP contribution in [0.5, 0.6) is 0 Å². The van der Waals surface area contributed by atoms with Crippen molar-refractivity contribution >= 4 is 0 Å². The molecule has 3 rings (SSSR count). The number of nitrogens with zero attached hydrogens (tertiary/aromatic N) is 1. The lowest BCUT2D eigenvalue weighted by Gasteiger charge is -2.57. The van der Waals surface area contributed by atoms with Gasteiger partial charge < -0.3 is 0 Å². The van der Waals surface area contributed by atoms with E-state index in [0.717, 1.165) is 29.6 Å². The predicted molar refractivity (Wildman–Crippen MR) is 128 cm³/mol. The molecule has 0 radical (unpaired) electrons. The summed E-state index contributed by atoms with van der Waals surface area (Å²) < 4.78 is 0. The topological polar surface area (TPSA) is 3.24 Å². The van der Waals surface area contributed by atoms with Crippen LogP contribution in [0.15, 0.2) is 12.2 Å². The van der Waals surface area contributed by atoms with Gasteiger partial charge in [-0.15, -0.1) is 0 Å². The molecule has 2 saturated carbocycles. The zero-order chi connectivity index (χ0) is 21.1. The fraction of sp³-hybridized carbons (Fsp3) is 0.929. The van der Waals surface area contributed by atoms with Gasteiger partial charge in [-0.25, -0.2) is 0 Å². The Hall–Kier alpha value is -0.300. The molecule has 1 heteroatoms. The Bertz CT molecular complexity index is 496. The lowest BCUT2D eigenvalue weighted by molar-refractivity contribution is -0.0675. The van der Waals surface area contributed by atoms with Gasteiger partial charge in [-0.3, -0.25) is 4.90 Å². The molecule has 1 saturated heterocycles. The third-order valence-electron chi connectivity index (χ3n) is 9.04. The molecule has 0 bridgehead atoms. The molecule has 29 heavy (non-hydrogen) atoms. The minimum absolute atomic E-state index is 0.358. The van der Waals surface area contributed by atoms with Crippen molar-refractivity contribution < 1.29 is 0 Å². The average molecular weight is 402 g/mol.